The third-order valence-electron chi connectivity index (χ3n) is 4.51. The normalized spacial score (nSPS) is 17.8. The molecule has 1 aromatic carbocycles. The Bertz CT molecular complexity index is 464. The summed E-state index contributed by atoms with van der Waals surface area (Å²) < 4.78 is 0. The van der Waals surface area contributed by atoms with Crippen molar-refractivity contribution in [3.05, 3.63) is 29.3 Å². The molecule has 1 unspecified atom stereocenters. The Morgan fingerprint density at radius 1 is 1.30 bits per heavy atom. The van der Waals surface area contributed by atoms with Gasteiger partial charge in [0, 0.05) is 5.69 Å². The minimum absolute atomic E-state index is 0.0516. The Balaban J connectivity index is 1.91. The molecule has 0 radical (unpaired) electrons. The van der Waals surface area contributed by atoms with Gasteiger partial charge in [0.15, 0.2) is 0 Å². The summed E-state index contributed by atoms with van der Waals surface area (Å²) >= 11 is 0. The SMILES string of the molecule is Cc1cccc(NC(=O)C(N)CC2CCCCC2)c1C. The zero-order chi connectivity index (χ0) is 14.5. The Kier molecular flexibility index (Phi) is 5.18. The van der Waals surface area contributed by atoms with Crippen LogP contribution < -0.4 is 11.1 Å². The first-order valence-corrected chi connectivity index (χ1v) is 7.70. The van der Waals surface area contributed by atoms with Crippen LogP contribution in [0.25, 0.3) is 0 Å². The van der Waals surface area contributed by atoms with E-state index in [0.717, 1.165) is 17.7 Å². The molecule has 1 aliphatic rings. The lowest BCUT2D eigenvalue weighted by Crippen LogP contribution is -2.37. The molecule has 0 bridgehead atoms. The van der Waals surface area contributed by atoms with Crippen molar-refractivity contribution < 1.29 is 4.79 Å². The molecule has 0 aliphatic heterocycles. The van der Waals surface area contributed by atoms with Crippen molar-refractivity contribution in [2.24, 2.45) is 11.7 Å². The second kappa shape index (κ2) is 6.89. The number of hydrogen-bond acceptors (Lipinski definition) is 2. The molecule has 1 saturated carbocycles. The van der Waals surface area contributed by atoms with Crippen LogP contribution in [0.3, 0.4) is 0 Å². The van der Waals surface area contributed by atoms with Crippen molar-refractivity contribution in [1.29, 1.82) is 0 Å². The molecule has 110 valence electrons. The van der Waals surface area contributed by atoms with Gasteiger partial charge >= 0.3 is 0 Å². The second-order valence-electron chi connectivity index (χ2n) is 6.08. The lowest BCUT2D eigenvalue weighted by atomic mass is 9.85. The highest BCUT2D eigenvalue weighted by molar-refractivity contribution is 5.95. The molecule has 2 rings (SSSR count). The number of nitrogens with two attached hydrogens (primary N) is 1. The summed E-state index contributed by atoms with van der Waals surface area (Å²) in [7, 11) is 0. The molecule has 1 fully saturated rings. The molecular formula is C17H26N2O. The number of amides is 1. The molecule has 0 heterocycles. The monoisotopic (exact) mass is 274 g/mol. The van der Waals surface area contributed by atoms with Gasteiger partial charge in [-0.1, -0.05) is 44.2 Å². The quantitative estimate of drug-likeness (QED) is 0.882. The van der Waals surface area contributed by atoms with E-state index in [0.29, 0.717) is 5.92 Å². The standard InChI is InChI=1S/C17H26N2O/c1-12-7-6-10-16(13(12)2)19-17(20)15(18)11-14-8-4-3-5-9-14/h6-7,10,14-15H,3-5,8-9,11,18H2,1-2H3,(H,19,20). The number of rotatable bonds is 4. The molecule has 1 aliphatic carbocycles. The first-order chi connectivity index (χ1) is 9.58. The van der Waals surface area contributed by atoms with E-state index in [2.05, 4.69) is 5.32 Å². The van der Waals surface area contributed by atoms with Crippen molar-refractivity contribution in [1.82, 2.24) is 0 Å². The van der Waals surface area contributed by atoms with Crippen LogP contribution in [0.2, 0.25) is 0 Å². The Labute approximate surface area is 121 Å². The molecule has 1 aromatic rings. The Morgan fingerprint density at radius 3 is 2.70 bits per heavy atom. The zero-order valence-corrected chi connectivity index (χ0v) is 12.6. The summed E-state index contributed by atoms with van der Waals surface area (Å²) in [6.45, 7) is 4.07. The van der Waals surface area contributed by atoms with Crippen molar-refractivity contribution in [3.8, 4) is 0 Å². The number of anilines is 1. The van der Waals surface area contributed by atoms with E-state index < -0.39 is 6.04 Å². The number of benzene rings is 1. The molecule has 0 spiro atoms. The summed E-state index contributed by atoms with van der Waals surface area (Å²) in [5, 5.41) is 2.98. The highest BCUT2D eigenvalue weighted by atomic mass is 16.2. The van der Waals surface area contributed by atoms with Crippen LogP contribution >= 0.6 is 0 Å². The van der Waals surface area contributed by atoms with Gasteiger partial charge in [0.05, 0.1) is 6.04 Å². The third kappa shape index (κ3) is 3.83. The molecule has 1 atom stereocenters. The molecule has 3 N–H and O–H groups in total. The van der Waals surface area contributed by atoms with E-state index in [1.54, 1.807) is 0 Å². The van der Waals surface area contributed by atoms with Crippen LogP contribution in [-0.4, -0.2) is 11.9 Å². The van der Waals surface area contributed by atoms with Crippen LogP contribution in [0, 0.1) is 19.8 Å². The van der Waals surface area contributed by atoms with E-state index in [1.165, 1.54) is 37.7 Å². The van der Waals surface area contributed by atoms with Gasteiger partial charge in [-0.25, -0.2) is 0 Å². The maximum absolute atomic E-state index is 12.2. The number of carbonyl (C=O) groups excluding carboxylic acids is 1. The number of carbonyl (C=O) groups is 1. The van der Waals surface area contributed by atoms with Crippen LogP contribution in [0.4, 0.5) is 5.69 Å². The lowest BCUT2D eigenvalue weighted by Gasteiger charge is -2.24. The van der Waals surface area contributed by atoms with Crippen molar-refractivity contribution >= 4 is 11.6 Å². The van der Waals surface area contributed by atoms with Gasteiger partial charge in [-0.15, -0.1) is 0 Å². The maximum atomic E-state index is 12.2. The summed E-state index contributed by atoms with van der Waals surface area (Å²) in [5.74, 6) is 0.576. The van der Waals surface area contributed by atoms with Gasteiger partial charge in [0.25, 0.3) is 0 Å². The average Bonchev–Trinajstić information content (AvgIpc) is 2.45. The van der Waals surface area contributed by atoms with Crippen molar-refractivity contribution in [3.63, 3.8) is 0 Å². The van der Waals surface area contributed by atoms with E-state index in [1.807, 2.05) is 32.0 Å². The molecule has 0 aromatic heterocycles. The van der Waals surface area contributed by atoms with Gasteiger partial charge in [-0.05, 0) is 43.4 Å². The lowest BCUT2D eigenvalue weighted by molar-refractivity contribution is -0.117. The highest BCUT2D eigenvalue weighted by Crippen LogP contribution is 2.27. The fraction of sp³-hybridized carbons (Fsp3) is 0.588. The Morgan fingerprint density at radius 2 is 2.00 bits per heavy atom. The van der Waals surface area contributed by atoms with Gasteiger partial charge in [0.1, 0.15) is 0 Å². The fourth-order valence-corrected chi connectivity index (χ4v) is 3.00. The first-order valence-electron chi connectivity index (χ1n) is 7.70. The molecule has 3 heteroatoms. The van der Waals surface area contributed by atoms with Crippen LogP contribution in [0.15, 0.2) is 18.2 Å². The van der Waals surface area contributed by atoms with E-state index in [-0.39, 0.29) is 5.91 Å². The highest BCUT2D eigenvalue weighted by Gasteiger charge is 2.21. The fourth-order valence-electron chi connectivity index (χ4n) is 3.00. The molecule has 3 nitrogen and oxygen atoms in total. The molecule has 0 saturated heterocycles. The third-order valence-corrected chi connectivity index (χ3v) is 4.51. The van der Waals surface area contributed by atoms with Crippen LogP contribution in [0.5, 0.6) is 0 Å². The predicted molar refractivity (Wildman–Crippen MR) is 83.7 cm³/mol. The van der Waals surface area contributed by atoms with E-state index >= 15 is 0 Å². The first kappa shape index (κ1) is 15.0. The topological polar surface area (TPSA) is 55.1 Å². The molecular weight excluding hydrogens is 248 g/mol. The Hall–Kier alpha value is -1.35. The van der Waals surface area contributed by atoms with Crippen LogP contribution in [-0.2, 0) is 4.79 Å². The van der Waals surface area contributed by atoms with Gasteiger partial charge in [-0.2, -0.15) is 0 Å². The van der Waals surface area contributed by atoms with Crippen LogP contribution in [0.1, 0.15) is 49.7 Å². The largest absolute Gasteiger partial charge is 0.324 e. The summed E-state index contributed by atoms with van der Waals surface area (Å²) in [6.07, 6.45) is 7.18. The molecule has 20 heavy (non-hydrogen) atoms. The van der Waals surface area contributed by atoms with Crippen molar-refractivity contribution in [2.45, 2.75) is 58.4 Å². The van der Waals surface area contributed by atoms with E-state index in [4.69, 9.17) is 5.73 Å². The smallest absolute Gasteiger partial charge is 0.241 e. The summed E-state index contributed by atoms with van der Waals surface area (Å²) in [4.78, 5) is 12.2. The minimum atomic E-state index is -0.391. The number of nitrogens with one attached hydrogen (secondary N) is 1. The van der Waals surface area contributed by atoms with E-state index in [9.17, 15) is 4.79 Å². The van der Waals surface area contributed by atoms with Gasteiger partial charge < -0.3 is 11.1 Å². The predicted octanol–water partition coefficient (Wildman–Crippen LogP) is 3.54. The summed E-state index contributed by atoms with van der Waals surface area (Å²) in [5.41, 5.74) is 9.26. The number of aryl methyl sites for hydroxylation is 1. The minimum Gasteiger partial charge on any atom is -0.324 e. The van der Waals surface area contributed by atoms with Gasteiger partial charge in [0.2, 0.25) is 5.91 Å². The average molecular weight is 274 g/mol. The zero-order valence-electron chi connectivity index (χ0n) is 12.6. The maximum Gasteiger partial charge on any atom is 0.241 e. The second-order valence-corrected chi connectivity index (χ2v) is 6.08. The number of hydrogen-bond donors (Lipinski definition) is 2. The van der Waals surface area contributed by atoms with Gasteiger partial charge in [-0.3, -0.25) is 4.79 Å². The van der Waals surface area contributed by atoms with Crippen molar-refractivity contribution in [2.75, 3.05) is 5.32 Å². The molecule has 1 amide bonds. The summed E-state index contributed by atoms with van der Waals surface area (Å²) in [6, 6.07) is 5.56.